The van der Waals surface area contributed by atoms with Gasteiger partial charge < -0.3 is 10.2 Å². The van der Waals surface area contributed by atoms with Crippen LogP contribution >= 0.6 is 27.3 Å². The van der Waals surface area contributed by atoms with Crippen LogP contribution in [0.25, 0.3) is 6.08 Å². The molecular weight excluding hydrogens is 328 g/mol. The highest BCUT2D eigenvalue weighted by atomic mass is 79.9. The van der Waals surface area contributed by atoms with Gasteiger partial charge in [0.05, 0.1) is 0 Å². The molecule has 1 saturated heterocycles. The van der Waals surface area contributed by atoms with E-state index in [4.69, 9.17) is 0 Å². The number of hydrogen-bond donors (Lipinski definition) is 1. The average molecular weight is 343 g/mol. The Morgan fingerprint density at radius 1 is 1.63 bits per heavy atom. The summed E-state index contributed by atoms with van der Waals surface area (Å²) < 4.78 is 1.02. The van der Waals surface area contributed by atoms with Gasteiger partial charge in [0.25, 0.3) is 0 Å². The first-order valence-electron chi connectivity index (χ1n) is 6.01. The van der Waals surface area contributed by atoms with Crippen molar-refractivity contribution in [2.45, 2.75) is 18.9 Å². The molecule has 0 bridgehead atoms. The van der Waals surface area contributed by atoms with E-state index in [1.165, 1.54) is 6.08 Å². The summed E-state index contributed by atoms with van der Waals surface area (Å²) in [6.07, 6.45) is 4.55. The number of nitrogens with zero attached hydrogens (tertiary/aromatic N) is 1. The fourth-order valence-electron chi connectivity index (χ4n) is 1.95. The lowest BCUT2D eigenvalue weighted by molar-refractivity contribution is -0.133. The Hall–Kier alpha value is -1.14. The lowest BCUT2D eigenvalue weighted by Crippen LogP contribution is -2.48. The number of amides is 2. The van der Waals surface area contributed by atoms with Crippen molar-refractivity contribution in [2.24, 2.45) is 0 Å². The Morgan fingerprint density at radius 2 is 2.42 bits per heavy atom. The molecule has 0 saturated carbocycles. The summed E-state index contributed by atoms with van der Waals surface area (Å²) >= 11 is 4.94. The number of halogens is 1. The summed E-state index contributed by atoms with van der Waals surface area (Å²) in [6, 6.07) is 2.01. The van der Waals surface area contributed by atoms with Gasteiger partial charge in [0, 0.05) is 46.9 Å². The first kappa shape index (κ1) is 14.3. The molecule has 0 radical (unpaired) electrons. The fraction of sp³-hybridized carbons (Fsp3) is 0.385. The molecule has 19 heavy (non-hydrogen) atoms. The minimum absolute atomic E-state index is 0.0509. The van der Waals surface area contributed by atoms with E-state index in [-0.39, 0.29) is 17.9 Å². The van der Waals surface area contributed by atoms with Crippen LogP contribution < -0.4 is 5.32 Å². The van der Waals surface area contributed by atoms with Crippen molar-refractivity contribution >= 4 is 45.2 Å². The maximum absolute atomic E-state index is 11.8. The molecule has 1 aliphatic heterocycles. The first-order chi connectivity index (χ1) is 9.04. The SMILES string of the molecule is CN1CC(NC(=O)C=Cc2cc(Br)cs2)CCC1=O. The Balaban J connectivity index is 1.84. The van der Waals surface area contributed by atoms with Gasteiger partial charge in [-0.2, -0.15) is 0 Å². The predicted octanol–water partition coefficient (Wildman–Crippen LogP) is 2.26. The van der Waals surface area contributed by atoms with Crippen molar-refractivity contribution in [2.75, 3.05) is 13.6 Å². The number of carbonyl (C=O) groups excluding carboxylic acids is 2. The maximum Gasteiger partial charge on any atom is 0.244 e. The van der Waals surface area contributed by atoms with E-state index in [2.05, 4.69) is 21.2 Å². The molecule has 1 aliphatic rings. The molecule has 1 aromatic rings. The third-order valence-electron chi connectivity index (χ3n) is 2.96. The molecule has 2 amide bonds. The van der Waals surface area contributed by atoms with Gasteiger partial charge in [0.2, 0.25) is 11.8 Å². The monoisotopic (exact) mass is 342 g/mol. The molecular formula is C13H15BrN2O2S. The number of thiophene rings is 1. The minimum atomic E-state index is -0.114. The van der Waals surface area contributed by atoms with Crippen LogP contribution in [0.2, 0.25) is 0 Å². The van der Waals surface area contributed by atoms with Gasteiger partial charge in [-0.3, -0.25) is 9.59 Å². The van der Waals surface area contributed by atoms with Crippen molar-refractivity contribution in [1.82, 2.24) is 10.2 Å². The highest BCUT2D eigenvalue weighted by Crippen LogP contribution is 2.20. The van der Waals surface area contributed by atoms with Crippen molar-refractivity contribution in [1.29, 1.82) is 0 Å². The van der Waals surface area contributed by atoms with E-state index in [1.54, 1.807) is 29.4 Å². The maximum atomic E-state index is 11.8. The third-order valence-corrected chi connectivity index (χ3v) is 4.62. The third kappa shape index (κ3) is 4.18. The van der Waals surface area contributed by atoms with E-state index >= 15 is 0 Å². The molecule has 2 rings (SSSR count). The number of likely N-dealkylation sites (N-methyl/N-ethyl adjacent to an activating group) is 1. The van der Waals surface area contributed by atoms with Crippen molar-refractivity contribution in [3.8, 4) is 0 Å². The molecule has 102 valence electrons. The second-order valence-corrected chi connectivity index (χ2v) is 6.38. The molecule has 1 unspecified atom stereocenters. The van der Waals surface area contributed by atoms with Crippen LogP contribution in [-0.4, -0.2) is 36.3 Å². The summed E-state index contributed by atoms with van der Waals surface area (Å²) in [5, 5.41) is 4.89. The largest absolute Gasteiger partial charge is 0.348 e. The van der Waals surface area contributed by atoms with Gasteiger partial charge in [0.15, 0.2) is 0 Å². The van der Waals surface area contributed by atoms with Gasteiger partial charge >= 0.3 is 0 Å². The van der Waals surface area contributed by atoms with E-state index in [1.807, 2.05) is 11.4 Å². The van der Waals surface area contributed by atoms with Crippen LogP contribution in [0.4, 0.5) is 0 Å². The lowest BCUT2D eigenvalue weighted by atomic mass is 10.1. The number of carbonyl (C=O) groups is 2. The Labute approximate surface area is 124 Å². The Kier molecular flexibility index (Phi) is 4.76. The molecule has 1 atom stereocenters. The van der Waals surface area contributed by atoms with Crippen LogP contribution in [0.5, 0.6) is 0 Å². The molecule has 1 aromatic heterocycles. The van der Waals surface area contributed by atoms with Crippen LogP contribution in [0.15, 0.2) is 22.0 Å². The summed E-state index contributed by atoms with van der Waals surface area (Å²) in [5.41, 5.74) is 0. The highest BCUT2D eigenvalue weighted by Gasteiger charge is 2.23. The average Bonchev–Trinajstić information content (AvgIpc) is 2.77. The first-order valence-corrected chi connectivity index (χ1v) is 7.68. The van der Waals surface area contributed by atoms with Gasteiger partial charge in [-0.1, -0.05) is 0 Å². The standard InChI is InChI=1S/C13H15BrN2O2S/c1-16-7-10(2-5-13(16)18)15-12(17)4-3-11-6-9(14)8-19-11/h3-4,6,8,10H,2,5,7H2,1H3,(H,15,17). The van der Waals surface area contributed by atoms with Gasteiger partial charge in [-0.15, -0.1) is 11.3 Å². The summed E-state index contributed by atoms with van der Waals surface area (Å²) in [7, 11) is 1.76. The molecule has 0 spiro atoms. The van der Waals surface area contributed by atoms with E-state index in [0.29, 0.717) is 19.4 Å². The van der Waals surface area contributed by atoms with Gasteiger partial charge in [-0.25, -0.2) is 0 Å². The van der Waals surface area contributed by atoms with E-state index in [9.17, 15) is 9.59 Å². The second-order valence-electron chi connectivity index (χ2n) is 4.52. The second kappa shape index (κ2) is 6.34. The molecule has 2 heterocycles. The highest BCUT2D eigenvalue weighted by molar-refractivity contribution is 9.10. The zero-order valence-electron chi connectivity index (χ0n) is 10.6. The number of piperidine rings is 1. The summed E-state index contributed by atoms with van der Waals surface area (Å²) in [5.74, 6) is 0.0294. The Morgan fingerprint density at radius 3 is 3.05 bits per heavy atom. The normalized spacial score (nSPS) is 20.0. The van der Waals surface area contributed by atoms with Crippen LogP contribution in [0, 0.1) is 0 Å². The van der Waals surface area contributed by atoms with Crippen molar-refractivity contribution in [3.63, 3.8) is 0 Å². The number of hydrogen-bond acceptors (Lipinski definition) is 3. The van der Waals surface area contributed by atoms with Gasteiger partial charge in [-0.05, 0) is 34.5 Å². The molecule has 6 heteroatoms. The summed E-state index contributed by atoms with van der Waals surface area (Å²) in [4.78, 5) is 25.8. The summed E-state index contributed by atoms with van der Waals surface area (Å²) in [6.45, 7) is 0.586. The quantitative estimate of drug-likeness (QED) is 0.856. The topological polar surface area (TPSA) is 49.4 Å². The molecule has 1 N–H and O–H groups in total. The molecule has 0 aliphatic carbocycles. The Bertz CT molecular complexity index is 512. The number of rotatable bonds is 3. The van der Waals surface area contributed by atoms with Crippen molar-refractivity contribution < 1.29 is 9.59 Å². The zero-order chi connectivity index (χ0) is 13.8. The van der Waals surface area contributed by atoms with Crippen LogP contribution in [-0.2, 0) is 9.59 Å². The lowest BCUT2D eigenvalue weighted by Gasteiger charge is -2.29. The molecule has 0 aromatic carbocycles. The smallest absolute Gasteiger partial charge is 0.244 e. The number of nitrogens with one attached hydrogen (secondary N) is 1. The minimum Gasteiger partial charge on any atom is -0.348 e. The van der Waals surface area contributed by atoms with Crippen LogP contribution in [0.1, 0.15) is 17.7 Å². The predicted molar refractivity (Wildman–Crippen MR) is 79.9 cm³/mol. The van der Waals surface area contributed by atoms with E-state index < -0.39 is 0 Å². The number of likely N-dealkylation sites (tertiary alicyclic amines) is 1. The van der Waals surface area contributed by atoms with Crippen LogP contribution in [0.3, 0.4) is 0 Å². The van der Waals surface area contributed by atoms with Crippen molar-refractivity contribution in [3.05, 3.63) is 26.9 Å². The fourth-order valence-corrected chi connectivity index (χ4v) is 3.29. The van der Waals surface area contributed by atoms with E-state index in [0.717, 1.165) is 9.35 Å². The zero-order valence-corrected chi connectivity index (χ0v) is 13.0. The molecule has 4 nitrogen and oxygen atoms in total. The molecule has 1 fully saturated rings. The van der Waals surface area contributed by atoms with Gasteiger partial charge in [0.1, 0.15) is 0 Å².